The van der Waals surface area contributed by atoms with Crippen LogP contribution >= 0.6 is 11.3 Å². The molecule has 26 heavy (non-hydrogen) atoms. The van der Waals surface area contributed by atoms with Gasteiger partial charge in [-0.3, -0.25) is 9.48 Å². The number of thiophene rings is 1. The second kappa shape index (κ2) is 7.38. The molecule has 4 heterocycles. The van der Waals surface area contributed by atoms with E-state index in [1.807, 2.05) is 17.5 Å². The van der Waals surface area contributed by atoms with Crippen molar-refractivity contribution in [3.8, 4) is 10.7 Å². The average molecular weight is 373 g/mol. The Kier molecular flexibility index (Phi) is 4.81. The lowest BCUT2D eigenvalue weighted by Crippen LogP contribution is -2.42. The SMILES string of the molecule is CCCn1cc(C(=O)N2CCO[C@H](c3nc(-c4cccs4)no3)C2)cn1. The van der Waals surface area contributed by atoms with E-state index in [2.05, 4.69) is 22.2 Å². The van der Waals surface area contributed by atoms with Crippen molar-refractivity contribution in [1.82, 2.24) is 24.8 Å². The summed E-state index contributed by atoms with van der Waals surface area (Å²) in [5.74, 6) is 0.883. The lowest BCUT2D eigenvalue weighted by atomic mass is 10.2. The maximum absolute atomic E-state index is 12.7. The number of hydrogen-bond donors (Lipinski definition) is 0. The van der Waals surface area contributed by atoms with E-state index >= 15 is 0 Å². The lowest BCUT2D eigenvalue weighted by molar-refractivity contribution is -0.0367. The zero-order valence-electron chi connectivity index (χ0n) is 14.4. The molecule has 0 bridgehead atoms. The van der Waals surface area contributed by atoms with Crippen molar-refractivity contribution in [2.24, 2.45) is 0 Å². The largest absolute Gasteiger partial charge is 0.365 e. The number of amides is 1. The molecule has 0 saturated carbocycles. The van der Waals surface area contributed by atoms with Gasteiger partial charge in [0.1, 0.15) is 0 Å². The molecule has 1 atom stereocenters. The van der Waals surface area contributed by atoms with Gasteiger partial charge in [0.15, 0.2) is 6.10 Å². The van der Waals surface area contributed by atoms with Gasteiger partial charge in [0.2, 0.25) is 5.82 Å². The van der Waals surface area contributed by atoms with Crippen molar-refractivity contribution in [3.63, 3.8) is 0 Å². The number of hydrogen-bond acceptors (Lipinski definition) is 7. The van der Waals surface area contributed by atoms with Gasteiger partial charge in [0.05, 0.1) is 29.8 Å². The highest BCUT2D eigenvalue weighted by Gasteiger charge is 2.30. The van der Waals surface area contributed by atoms with Crippen molar-refractivity contribution in [2.45, 2.75) is 26.0 Å². The van der Waals surface area contributed by atoms with Crippen molar-refractivity contribution >= 4 is 17.2 Å². The van der Waals surface area contributed by atoms with Crippen LogP contribution in [0.4, 0.5) is 0 Å². The number of aromatic nitrogens is 4. The molecule has 0 N–H and O–H groups in total. The Morgan fingerprint density at radius 3 is 3.19 bits per heavy atom. The zero-order chi connectivity index (χ0) is 17.9. The summed E-state index contributed by atoms with van der Waals surface area (Å²) in [6.07, 6.45) is 3.96. The Hall–Kier alpha value is -2.52. The van der Waals surface area contributed by atoms with Crippen molar-refractivity contribution in [3.05, 3.63) is 41.4 Å². The van der Waals surface area contributed by atoms with E-state index in [1.54, 1.807) is 33.3 Å². The first-order valence-corrected chi connectivity index (χ1v) is 9.43. The van der Waals surface area contributed by atoms with Crippen LogP contribution in [0.5, 0.6) is 0 Å². The fraction of sp³-hybridized carbons (Fsp3) is 0.412. The summed E-state index contributed by atoms with van der Waals surface area (Å²) in [5, 5.41) is 10.2. The van der Waals surface area contributed by atoms with E-state index in [0.717, 1.165) is 17.8 Å². The molecule has 1 aliphatic rings. The summed E-state index contributed by atoms with van der Waals surface area (Å²) in [6.45, 7) is 4.21. The molecule has 8 nitrogen and oxygen atoms in total. The highest BCUT2D eigenvalue weighted by Crippen LogP contribution is 2.26. The topological polar surface area (TPSA) is 86.3 Å². The number of ether oxygens (including phenoxy) is 1. The summed E-state index contributed by atoms with van der Waals surface area (Å²) in [4.78, 5) is 19.8. The van der Waals surface area contributed by atoms with Crippen LogP contribution in [-0.2, 0) is 11.3 Å². The maximum Gasteiger partial charge on any atom is 0.257 e. The molecule has 1 saturated heterocycles. The number of nitrogens with zero attached hydrogens (tertiary/aromatic N) is 5. The van der Waals surface area contributed by atoms with Crippen LogP contribution in [0.2, 0.25) is 0 Å². The summed E-state index contributed by atoms with van der Waals surface area (Å²) >= 11 is 1.55. The molecule has 0 radical (unpaired) electrons. The minimum Gasteiger partial charge on any atom is -0.365 e. The van der Waals surface area contributed by atoms with Crippen LogP contribution in [0.15, 0.2) is 34.4 Å². The van der Waals surface area contributed by atoms with Gasteiger partial charge >= 0.3 is 0 Å². The van der Waals surface area contributed by atoms with Gasteiger partial charge in [0, 0.05) is 19.3 Å². The molecule has 9 heteroatoms. The van der Waals surface area contributed by atoms with Gasteiger partial charge in [-0.25, -0.2) is 0 Å². The first kappa shape index (κ1) is 16.9. The van der Waals surface area contributed by atoms with E-state index in [1.165, 1.54) is 0 Å². The number of aryl methyl sites for hydroxylation is 1. The van der Waals surface area contributed by atoms with Crippen LogP contribution in [0, 0.1) is 0 Å². The normalized spacial score (nSPS) is 17.6. The van der Waals surface area contributed by atoms with Crippen molar-refractivity contribution in [1.29, 1.82) is 0 Å². The van der Waals surface area contributed by atoms with Crippen LogP contribution < -0.4 is 0 Å². The molecule has 0 unspecified atom stereocenters. The number of carbonyl (C=O) groups excluding carboxylic acids is 1. The Bertz CT molecular complexity index is 873. The molecule has 0 aromatic carbocycles. The first-order chi connectivity index (χ1) is 12.7. The highest BCUT2D eigenvalue weighted by molar-refractivity contribution is 7.13. The lowest BCUT2D eigenvalue weighted by Gasteiger charge is -2.30. The number of rotatable bonds is 5. The smallest absolute Gasteiger partial charge is 0.257 e. The van der Waals surface area contributed by atoms with Gasteiger partial charge in [-0.05, 0) is 17.9 Å². The monoisotopic (exact) mass is 373 g/mol. The predicted molar refractivity (Wildman–Crippen MR) is 94.7 cm³/mol. The molecule has 3 aromatic heterocycles. The summed E-state index contributed by atoms with van der Waals surface area (Å²) < 4.78 is 12.9. The van der Waals surface area contributed by atoms with Crippen LogP contribution in [0.1, 0.15) is 35.7 Å². The molecule has 4 rings (SSSR count). The van der Waals surface area contributed by atoms with Gasteiger partial charge in [-0.15, -0.1) is 11.3 Å². The Morgan fingerprint density at radius 2 is 2.38 bits per heavy atom. The second-order valence-electron chi connectivity index (χ2n) is 6.04. The minimum absolute atomic E-state index is 0.0568. The average Bonchev–Trinajstić information content (AvgIpc) is 3.41. The van der Waals surface area contributed by atoms with Gasteiger partial charge < -0.3 is 14.2 Å². The number of morpholine rings is 1. The molecule has 1 fully saturated rings. The third-order valence-corrected chi connectivity index (χ3v) is 5.01. The molecular weight excluding hydrogens is 354 g/mol. The summed E-state index contributed by atoms with van der Waals surface area (Å²) in [6, 6.07) is 3.87. The molecule has 0 spiro atoms. The van der Waals surface area contributed by atoms with E-state index in [4.69, 9.17) is 9.26 Å². The van der Waals surface area contributed by atoms with Crippen molar-refractivity contribution < 1.29 is 14.1 Å². The third kappa shape index (κ3) is 3.40. The standard InChI is InChI=1S/C17H19N5O3S/c1-2-5-22-10-12(9-18-22)17(23)21-6-7-24-13(11-21)16-19-15(20-25-16)14-4-3-8-26-14/h3-4,8-10,13H,2,5-7,11H2,1H3/t13-/m0/s1. The van der Waals surface area contributed by atoms with Gasteiger partial charge in [-0.2, -0.15) is 10.1 Å². The van der Waals surface area contributed by atoms with E-state index in [9.17, 15) is 4.79 Å². The molecule has 1 amide bonds. The second-order valence-corrected chi connectivity index (χ2v) is 6.98. The van der Waals surface area contributed by atoms with Crippen LogP contribution in [0.25, 0.3) is 10.7 Å². The summed E-state index contributed by atoms with van der Waals surface area (Å²) in [5.41, 5.74) is 0.587. The van der Waals surface area contributed by atoms with Crippen LogP contribution in [-0.4, -0.2) is 50.4 Å². The zero-order valence-corrected chi connectivity index (χ0v) is 15.2. The van der Waals surface area contributed by atoms with Crippen molar-refractivity contribution in [2.75, 3.05) is 19.7 Å². The maximum atomic E-state index is 12.7. The molecule has 136 valence electrons. The minimum atomic E-state index is -0.417. The highest BCUT2D eigenvalue weighted by atomic mass is 32.1. The van der Waals surface area contributed by atoms with E-state index in [-0.39, 0.29) is 5.91 Å². The summed E-state index contributed by atoms with van der Waals surface area (Å²) in [7, 11) is 0. The molecule has 1 aliphatic heterocycles. The van der Waals surface area contributed by atoms with E-state index < -0.39 is 6.10 Å². The Morgan fingerprint density at radius 1 is 1.46 bits per heavy atom. The Balaban J connectivity index is 1.46. The molecular formula is C17H19N5O3S. The predicted octanol–water partition coefficient (Wildman–Crippen LogP) is 2.62. The van der Waals surface area contributed by atoms with E-state index in [0.29, 0.717) is 37.0 Å². The quantitative estimate of drug-likeness (QED) is 0.683. The molecule has 0 aliphatic carbocycles. The number of carbonyl (C=O) groups is 1. The first-order valence-electron chi connectivity index (χ1n) is 8.55. The van der Waals surface area contributed by atoms with Crippen LogP contribution in [0.3, 0.4) is 0 Å². The fourth-order valence-electron chi connectivity index (χ4n) is 2.86. The fourth-order valence-corrected chi connectivity index (χ4v) is 3.51. The van der Waals surface area contributed by atoms with Gasteiger partial charge in [-0.1, -0.05) is 18.1 Å². The van der Waals surface area contributed by atoms with Gasteiger partial charge in [0.25, 0.3) is 11.8 Å². The Labute approximate surface area is 154 Å². The third-order valence-electron chi connectivity index (χ3n) is 4.15. The molecule has 3 aromatic rings.